The molecule has 0 aliphatic carbocycles. The van der Waals surface area contributed by atoms with Crippen molar-refractivity contribution in [2.75, 3.05) is 18.7 Å². The Morgan fingerprint density at radius 3 is 2.38 bits per heavy atom. The minimum Gasteiger partial charge on any atom is -0.376 e. The third-order valence-corrected chi connectivity index (χ3v) is 2.67. The van der Waals surface area contributed by atoms with Gasteiger partial charge < -0.3 is 10.0 Å². The molecule has 0 saturated carbocycles. The first-order valence-corrected chi connectivity index (χ1v) is 5.82. The van der Waals surface area contributed by atoms with Gasteiger partial charge in [-0.05, 0) is 29.5 Å². The number of hydrogen-bond acceptors (Lipinski definition) is 2. The van der Waals surface area contributed by atoms with Crippen molar-refractivity contribution in [1.29, 1.82) is 0 Å². The van der Waals surface area contributed by atoms with Crippen molar-refractivity contribution >= 4 is 17.3 Å². The van der Waals surface area contributed by atoms with Crippen molar-refractivity contribution in [3.05, 3.63) is 28.8 Å². The van der Waals surface area contributed by atoms with Gasteiger partial charge in [-0.25, -0.2) is 0 Å². The van der Waals surface area contributed by atoms with E-state index < -0.39 is 0 Å². The maximum Gasteiger partial charge on any atom is 0.115 e. The molecular formula is C13H20ClNO. The monoisotopic (exact) mass is 241 g/mol. The highest BCUT2D eigenvalue weighted by molar-refractivity contribution is 6.33. The Balaban J connectivity index is 2.91. The van der Waals surface area contributed by atoms with Crippen LogP contribution in [0.25, 0.3) is 0 Å². The van der Waals surface area contributed by atoms with Crippen LogP contribution in [0, 0.1) is 5.41 Å². The molecule has 0 unspecified atom stereocenters. The smallest absolute Gasteiger partial charge is 0.115 e. The molecule has 1 N–H and O–H groups in total. The van der Waals surface area contributed by atoms with Crippen LogP contribution in [0.4, 0.5) is 5.69 Å². The molecule has 0 heterocycles. The minimum absolute atomic E-state index is 0.0294. The van der Waals surface area contributed by atoms with Gasteiger partial charge in [0.05, 0.1) is 10.7 Å². The molecule has 0 fully saturated rings. The highest BCUT2D eigenvalue weighted by atomic mass is 35.5. The quantitative estimate of drug-likeness (QED) is 0.821. The lowest BCUT2D eigenvalue weighted by atomic mass is 9.88. The zero-order valence-electron chi connectivity index (χ0n) is 10.4. The summed E-state index contributed by atoms with van der Waals surface area (Å²) in [5.74, 6) is 0. The number of aliphatic hydroxyl groups is 1. The summed E-state index contributed by atoms with van der Waals surface area (Å²) in [4.78, 5) is 1.71. The average Bonchev–Trinajstić information content (AvgIpc) is 2.14. The minimum atomic E-state index is -0.0294. The highest BCUT2D eigenvalue weighted by Gasteiger charge is 2.13. The lowest BCUT2D eigenvalue weighted by Gasteiger charge is -2.21. The summed E-state index contributed by atoms with van der Waals surface area (Å²) in [6.45, 7) is 6.58. The van der Waals surface area contributed by atoms with E-state index in [0.717, 1.165) is 12.1 Å². The molecule has 0 amide bonds. The molecule has 2 nitrogen and oxygen atoms in total. The van der Waals surface area contributed by atoms with Crippen LogP contribution >= 0.6 is 11.6 Å². The second kappa shape index (κ2) is 5.07. The van der Waals surface area contributed by atoms with Gasteiger partial charge in [0.15, 0.2) is 0 Å². The molecule has 16 heavy (non-hydrogen) atoms. The van der Waals surface area contributed by atoms with Gasteiger partial charge in [-0.1, -0.05) is 38.4 Å². The van der Waals surface area contributed by atoms with E-state index in [0.29, 0.717) is 5.02 Å². The molecule has 0 saturated heterocycles. The van der Waals surface area contributed by atoms with E-state index in [1.165, 1.54) is 5.56 Å². The van der Waals surface area contributed by atoms with Crippen LogP contribution in [-0.2, 0) is 6.42 Å². The lowest BCUT2D eigenvalue weighted by molar-refractivity contribution is 0.298. The molecule has 0 aliphatic rings. The molecule has 1 aromatic carbocycles. The van der Waals surface area contributed by atoms with E-state index in [9.17, 15) is 0 Å². The summed E-state index contributed by atoms with van der Waals surface area (Å²) in [7, 11) is 1.81. The van der Waals surface area contributed by atoms with Crippen molar-refractivity contribution in [3.8, 4) is 0 Å². The average molecular weight is 242 g/mol. The van der Waals surface area contributed by atoms with Gasteiger partial charge in [0.2, 0.25) is 0 Å². The van der Waals surface area contributed by atoms with Crippen LogP contribution in [0.5, 0.6) is 0 Å². The molecule has 90 valence electrons. The Kier molecular flexibility index (Phi) is 4.22. The highest BCUT2D eigenvalue weighted by Crippen LogP contribution is 2.28. The fraction of sp³-hybridized carbons (Fsp3) is 0.538. The van der Waals surface area contributed by atoms with Crippen molar-refractivity contribution in [1.82, 2.24) is 0 Å². The largest absolute Gasteiger partial charge is 0.376 e. The summed E-state index contributed by atoms with van der Waals surface area (Å²) < 4.78 is 0. The predicted molar refractivity (Wildman–Crippen MR) is 70.1 cm³/mol. The second-order valence-corrected chi connectivity index (χ2v) is 5.77. The maximum absolute atomic E-state index is 9.04. The normalized spacial score (nSPS) is 11.6. The zero-order chi connectivity index (χ0) is 12.3. The van der Waals surface area contributed by atoms with Crippen LogP contribution in [0.15, 0.2) is 18.2 Å². The van der Waals surface area contributed by atoms with E-state index >= 15 is 0 Å². The van der Waals surface area contributed by atoms with Crippen LogP contribution in [0.2, 0.25) is 5.02 Å². The van der Waals surface area contributed by atoms with Gasteiger partial charge in [-0.2, -0.15) is 0 Å². The van der Waals surface area contributed by atoms with E-state index in [2.05, 4.69) is 26.8 Å². The number of anilines is 1. The number of nitrogens with zero attached hydrogens (tertiary/aromatic N) is 1. The summed E-state index contributed by atoms with van der Waals surface area (Å²) in [5.41, 5.74) is 2.35. The van der Waals surface area contributed by atoms with Crippen molar-refractivity contribution in [3.63, 3.8) is 0 Å². The van der Waals surface area contributed by atoms with Crippen LogP contribution in [-0.4, -0.2) is 18.9 Å². The van der Waals surface area contributed by atoms with Crippen LogP contribution in [0.1, 0.15) is 26.3 Å². The molecule has 0 radical (unpaired) electrons. The van der Waals surface area contributed by atoms with Crippen LogP contribution in [0.3, 0.4) is 0 Å². The molecule has 0 atom stereocenters. The Bertz CT molecular complexity index is 357. The third-order valence-electron chi connectivity index (χ3n) is 2.37. The van der Waals surface area contributed by atoms with Crippen molar-refractivity contribution in [2.45, 2.75) is 27.2 Å². The van der Waals surface area contributed by atoms with Gasteiger partial charge in [-0.15, -0.1) is 0 Å². The number of benzene rings is 1. The molecule has 1 aromatic rings. The fourth-order valence-corrected chi connectivity index (χ4v) is 2.01. The van der Waals surface area contributed by atoms with Gasteiger partial charge in [-0.3, -0.25) is 0 Å². The summed E-state index contributed by atoms with van der Waals surface area (Å²) in [6.07, 6.45) is 0.996. The zero-order valence-corrected chi connectivity index (χ0v) is 11.2. The Hall–Kier alpha value is -0.730. The summed E-state index contributed by atoms with van der Waals surface area (Å²) >= 11 is 6.18. The van der Waals surface area contributed by atoms with Gasteiger partial charge in [0, 0.05) is 7.05 Å². The Labute approximate surface area is 103 Å². The van der Waals surface area contributed by atoms with E-state index in [4.69, 9.17) is 16.7 Å². The van der Waals surface area contributed by atoms with E-state index in [1.54, 1.807) is 4.90 Å². The molecule has 3 heteroatoms. The second-order valence-electron chi connectivity index (χ2n) is 5.36. The first-order valence-electron chi connectivity index (χ1n) is 5.44. The molecular weight excluding hydrogens is 222 g/mol. The van der Waals surface area contributed by atoms with Crippen LogP contribution < -0.4 is 4.90 Å². The number of aliphatic hydroxyl groups excluding tert-OH is 1. The number of hydrogen-bond donors (Lipinski definition) is 1. The Morgan fingerprint density at radius 1 is 1.31 bits per heavy atom. The first kappa shape index (κ1) is 13.3. The summed E-state index contributed by atoms with van der Waals surface area (Å²) in [5, 5.41) is 9.73. The molecule has 0 spiro atoms. The molecule has 0 bridgehead atoms. The first-order chi connectivity index (χ1) is 7.33. The Morgan fingerprint density at radius 2 is 1.94 bits per heavy atom. The predicted octanol–water partition coefficient (Wildman–Crippen LogP) is 3.31. The standard InChI is InChI=1S/C13H20ClNO/c1-13(2,3)8-10-5-6-12(11(14)7-10)15(4)9-16/h5-7,16H,8-9H2,1-4H3. The molecule has 0 aromatic heterocycles. The van der Waals surface area contributed by atoms with E-state index in [1.807, 2.05) is 19.2 Å². The number of halogens is 1. The molecule has 1 rings (SSSR count). The SMILES string of the molecule is CN(CO)c1ccc(CC(C)(C)C)cc1Cl. The fourth-order valence-electron chi connectivity index (χ4n) is 1.66. The topological polar surface area (TPSA) is 23.5 Å². The third kappa shape index (κ3) is 3.69. The number of rotatable bonds is 3. The maximum atomic E-state index is 9.04. The van der Waals surface area contributed by atoms with Gasteiger partial charge in [0.25, 0.3) is 0 Å². The van der Waals surface area contributed by atoms with Gasteiger partial charge >= 0.3 is 0 Å². The van der Waals surface area contributed by atoms with Crippen molar-refractivity contribution in [2.24, 2.45) is 5.41 Å². The lowest BCUT2D eigenvalue weighted by Crippen LogP contribution is -2.18. The van der Waals surface area contributed by atoms with Crippen molar-refractivity contribution < 1.29 is 5.11 Å². The summed E-state index contributed by atoms with van der Waals surface area (Å²) in [6, 6.07) is 6.01. The van der Waals surface area contributed by atoms with E-state index in [-0.39, 0.29) is 12.1 Å². The van der Waals surface area contributed by atoms with Gasteiger partial charge in [0.1, 0.15) is 6.73 Å². The molecule has 0 aliphatic heterocycles.